The summed E-state index contributed by atoms with van der Waals surface area (Å²) in [4.78, 5) is 0. The van der Waals surface area contributed by atoms with Gasteiger partial charge in [-0.1, -0.05) is 132 Å². The lowest BCUT2D eigenvalue weighted by Crippen LogP contribution is -2.50. The summed E-state index contributed by atoms with van der Waals surface area (Å²) in [6.07, 6.45) is 39.8. The van der Waals surface area contributed by atoms with Gasteiger partial charge in [-0.15, -0.1) is 0 Å². The summed E-state index contributed by atoms with van der Waals surface area (Å²) in [6, 6.07) is 0. The lowest BCUT2D eigenvalue weighted by Gasteiger charge is -2.39. The molecule has 0 spiro atoms. The van der Waals surface area contributed by atoms with Crippen molar-refractivity contribution in [3.05, 3.63) is 0 Å². The van der Waals surface area contributed by atoms with Crippen LogP contribution in [0.25, 0.3) is 0 Å². The Morgan fingerprint density at radius 3 is 0.457 bits per heavy atom. The Morgan fingerprint density at radius 2 is 0.304 bits per heavy atom. The maximum absolute atomic E-state index is 2.34. The Labute approximate surface area is 295 Å². The first-order chi connectivity index (χ1) is 22.5. The molecule has 0 heterocycles. The second-order valence-electron chi connectivity index (χ2n) is 15.5. The average Bonchev–Trinajstić information content (AvgIpc) is 3.06. The molecule has 280 valence electrons. The molecule has 0 unspecified atom stereocenters. The molecule has 0 aliphatic rings. The lowest BCUT2D eigenvalue weighted by molar-refractivity contribution is -0.929. The van der Waals surface area contributed by atoms with Gasteiger partial charge in [-0.2, -0.15) is 0 Å². The van der Waals surface area contributed by atoms with E-state index in [-0.39, 0.29) is 0 Å². The van der Waals surface area contributed by atoms with Crippen molar-refractivity contribution >= 4 is 0 Å². The number of unbranched alkanes of at least 4 members (excludes halogenated alkanes) is 20. The fraction of sp³-hybridized carbons (Fsp3) is 1.00. The highest BCUT2D eigenvalue weighted by atomic mass is 15.4. The van der Waals surface area contributed by atoms with Gasteiger partial charge in [0.15, 0.2) is 0 Å². The molecule has 0 atom stereocenters. The first-order valence-electron chi connectivity index (χ1n) is 22.2. The Morgan fingerprint density at radius 1 is 0.174 bits per heavy atom. The van der Waals surface area contributed by atoms with Gasteiger partial charge in [-0.25, -0.2) is 0 Å². The van der Waals surface area contributed by atoms with Gasteiger partial charge in [0.2, 0.25) is 0 Å². The highest BCUT2D eigenvalue weighted by molar-refractivity contribution is 4.54. The third-order valence-electron chi connectivity index (χ3n) is 10.9. The predicted octanol–water partition coefficient (Wildman–Crippen LogP) is 14.7. The minimum absolute atomic E-state index is 1.36. The topological polar surface area (TPSA) is 0 Å². The molecular weight excluding hydrogens is 556 g/mol. The van der Waals surface area contributed by atoms with Gasteiger partial charge in [-0.3, -0.25) is 0 Å². The van der Waals surface area contributed by atoms with Crippen LogP contribution in [-0.4, -0.2) is 61.3 Å². The molecule has 0 radical (unpaired) electrons. The van der Waals surface area contributed by atoms with E-state index in [0.29, 0.717) is 0 Å². The molecule has 0 N–H and O–H groups in total. The molecule has 2 nitrogen and oxygen atoms in total. The summed E-state index contributed by atoms with van der Waals surface area (Å²) in [5, 5.41) is 0. The summed E-state index contributed by atoms with van der Waals surface area (Å²) in [7, 11) is 0. The van der Waals surface area contributed by atoms with E-state index < -0.39 is 0 Å². The van der Waals surface area contributed by atoms with Gasteiger partial charge in [0.1, 0.15) is 0 Å². The van der Waals surface area contributed by atoms with Crippen LogP contribution in [0.4, 0.5) is 0 Å². The summed E-state index contributed by atoms with van der Waals surface area (Å²) in [5.41, 5.74) is 0. The first kappa shape index (κ1) is 48.0. The third-order valence-corrected chi connectivity index (χ3v) is 10.9. The Hall–Kier alpha value is -0.0800. The molecule has 46 heavy (non-hydrogen) atoms. The molecule has 0 aliphatic heterocycles. The normalized spacial score (nSPS) is 12.0. The molecule has 0 aromatic carbocycles. The van der Waals surface area contributed by atoms with E-state index in [9.17, 15) is 0 Å². The van der Waals surface area contributed by atoms with E-state index in [0.717, 1.165) is 0 Å². The van der Waals surface area contributed by atoms with Gasteiger partial charge in [-0.05, 0) is 103 Å². The highest BCUT2D eigenvalue weighted by Crippen LogP contribution is 2.20. The number of nitrogens with zero attached hydrogens (tertiary/aromatic N) is 2. The zero-order valence-electron chi connectivity index (χ0n) is 34.4. The Bertz CT molecular complexity index is 445. The van der Waals surface area contributed by atoms with Gasteiger partial charge >= 0.3 is 0 Å². The van der Waals surface area contributed by atoms with Crippen molar-refractivity contribution in [2.24, 2.45) is 0 Å². The van der Waals surface area contributed by atoms with Crippen molar-refractivity contribution in [2.45, 2.75) is 235 Å². The smallest absolute Gasteiger partial charge is 0.0786 e. The van der Waals surface area contributed by atoms with E-state index in [1.165, 1.54) is 241 Å². The molecule has 0 saturated carbocycles. The van der Waals surface area contributed by atoms with Gasteiger partial charge in [0, 0.05) is 0 Å². The van der Waals surface area contributed by atoms with Crippen LogP contribution in [0.5, 0.6) is 0 Å². The SMILES string of the molecule is CCCCCC[N+](CCCCCC)(CCCCCC)CCCCCC.CCCCC[N+](CCCCC)(CCCCC)CCCCC. The van der Waals surface area contributed by atoms with Crippen LogP contribution >= 0.6 is 0 Å². The van der Waals surface area contributed by atoms with Crippen LogP contribution < -0.4 is 0 Å². The largest absolute Gasteiger partial charge is 0.324 e. The molecule has 0 fully saturated rings. The quantitative estimate of drug-likeness (QED) is 0.0467. The van der Waals surface area contributed by atoms with Gasteiger partial charge < -0.3 is 8.97 Å². The van der Waals surface area contributed by atoms with Crippen molar-refractivity contribution in [2.75, 3.05) is 52.4 Å². The summed E-state index contributed by atoms with van der Waals surface area (Å²) in [6.45, 7) is 30.3. The molecule has 0 aromatic rings. The van der Waals surface area contributed by atoms with E-state index in [1.54, 1.807) is 0 Å². The van der Waals surface area contributed by atoms with Crippen LogP contribution in [0.3, 0.4) is 0 Å². The molecule has 0 rings (SSSR count). The average molecular weight is 653 g/mol. The summed E-state index contributed by atoms with van der Waals surface area (Å²) in [5.74, 6) is 0. The van der Waals surface area contributed by atoms with Crippen LogP contribution in [0.2, 0.25) is 0 Å². The molecular formula is C44H96N2+2. The Balaban J connectivity index is 0. The molecule has 0 amide bonds. The van der Waals surface area contributed by atoms with Crippen LogP contribution in [-0.2, 0) is 0 Å². The van der Waals surface area contributed by atoms with Gasteiger partial charge in [0.25, 0.3) is 0 Å². The van der Waals surface area contributed by atoms with Gasteiger partial charge in [0.05, 0.1) is 52.4 Å². The van der Waals surface area contributed by atoms with Crippen LogP contribution in [0.15, 0.2) is 0 Å². The highest BCUT2D eigenvalue weighted by Gasteiger charge is 2.26. The minimum atomic E-state index is 1.36. The molecule has 0 bridgehead atoms. The second kappa shape index (κ2) is 37.7. The monoisotopic (exact) mass is 653 g/mol. The number of hydrogen-bond acceptors (Lipinski definition) is 0. The zero-order valence-corrected chi connectivity index (χ0v) is 34.4. The summed E-state index contributed by atoms with van der Waals surface area (Å²) >= 11 is 0. The van der Waals surface area contributed by atoms with Crippen molar-refractivity contribution in [3.63, 3.8) is 0 Å². The lowest BCUT2D eigenvalue weighted by atomic mass is 10.1. The predicted molar refractivity (Wildman–Crippen MR) is 214 cm³/mol. The van der Waals surface area contributed by atoms with Crippen molar-refractivity contribution < 1.29 is 8.97 Å². The number of quaternary nitrogens is 2. The third kappa shape index (κ3) is 30.0. The number of rotatable bonds is 36. The van der Waals surface area contributed by atoms with E-state index in [2.05, 4.69) is 55.4 Å². The molecule has 0 aromatic heterocycles. The van der Waals surface area contributed by atoms with E-state index >= 15 is 0 Å². The Kier molecular flexibility index (Phi) is 39.4. The molecule has 0 aliphatic carbocycles. The maximum atomic E-state index is 2.34. The summed E-state index contributed by atoms with van der Waals surface area (Å²) < 4.78 is 2.90. The first-order valence-corrected chi connectivity index (χ1v) is 22.2. The second-order valence-corrected chi connectivity index (χ2v) is 15.5. The fourth-order valence-electron chi connectivity index (χ4n) is 7.63. The standard InChI is InChI=1S/C24H52N.C20H44N/c1-5-9-13-17-21-25(22-18-14-10-6-2,23-19-15-11-7-3)24-20-16-12-8-4;1-5-9-13-17-21(18-14-10-6-2,19-15-11-7-3)20-16-12-8-4/h5-24H2,1-4H3;5-20H2,1-4H3/q2*+1. The maximum Gasteiger partial charge on any atom is 0.0786 e. The van der Waals surface area contributed by atoms with Crippen molar-refractivity contribution in [3.8, 4) is 0 Å². The van der Waals surface area contributed by atoms with Crippen LogP contribution in [0.1, 0.15) is 235 Å². The number of hydrogen-bond donors (Lipinski definition) is 0. The molecule has 0 saturated heterocycles. The van der Waals surface area contributed by atoms with Crippen molar-refractivity contribution in [1.29, 1.82) is 0 Å². The fourth-order valence-corrected chi connectivity index (χ4v) is 7.63. The van der Waals surface area contributed by atoms with Crippen molar-refractivity contribution in [1.82, 2.24) is 0 Å². The minimum Gasteiger partial charge on any atom is -0.324 e. The van der Waals surface area contributed by atoms with Crippen LogP contribution in [0, 0.1) is 0 Å². The molecule has 2 heteroatoms. The van der Waals surface area contributed by atoms with E-state index in [4.69, 9.17) is 0 Å². The zero-order chi connectivity index (χ0) is 34.5. The van der Waals surface area contributed by atoms with E-state index in [1.807, 2.05) is 0 Å².